The second-order valence-electron chi connectivity index (χ2n) is 4.72. The first kappa shape index (κ1) is 10.4. The first-order valence-corrected chi connectivity index (χ1v) is 5.96. The summed E-state index contributed by atoms with van der Waals surface area (Å²) in [4.78, 5) is 2.50. The number of hydrogen-bond acceptors (Lipinski definition) is 3. The molecule has 0 aromatic carbocycles. The Morgan fingerprint density at radius 1 is 1.21 bits per heavy atom. The normalized spacial score (nSPS) is 31.1. The van der Waals surface area contributed by atoms with Crippen LogP contribution < -0.4 is 5.32 Å². The van der Waals surface area contributed by atoms with Crippen molar-refractivity contribution in [2.45, 2.75) is 31.8 Å². The Balaban J connectivity index is 1.60. The van der Waals surface area contributed by atoms with Crippen molar-refractivity contribution in [2.24, 2.45) is 5.92 Å². The first-order valence-electron chi connectivity index (χ1n) is 5.96. The van der Waals surface area contributed by atoms with E-state index in [1.165, 1.54) is 32.5 Å². The van der Waals surface area contributed by atoms with Gasteiger partial charge >= 0.3 is 0 Å². The molecule has 0 spiro atoms. The lowest BCUT2D eigenvalue weighted by Crippen LogP contribution is -2.37. The first-order chi connectivity index (χ1) is 6.84. The zero-order valence-electron chi connectivity index (χ0n) is 8.91. The van der Waals surface area contributed by atoms with Crippen molar-refractivity contribution in [2.75, 3.05) is 32.7 Å². The van der Waals surface area contributed by atoms with Crippen LogP contribution in [0.5, 0.6) is 0 Å². The predicted molar refractivity (Wildman–Crippen MR) is 57.3 cm³/mol. The van der Waals surface area contributed by atoms with Gasteiger partial charge in [-0.1, -0.05) is 0 Å². The van der Waals surface area contributed by atoms with Crippen LogP contribution in [0.15, 0.2) is 0 Å². The summed E-state index contributed by atoms with van der Waals surface area (Å²) < 4.78 is 0. The minimum Gasteiger partial charge on any atom is -0.393 e. The van der Waals surface area contributed by atoms with Gasteiger partial charge in [-0.15, -0.1) is 0 Å². The molecule has 2 aliphatic heterocycles. The fraction of sp³-hybridized carbons (Fsp3) is 1.00. The van der Waals surface area contributed by atoms with Crippen LogP contribution in [0.3, 0.4) is 0 Å². The fourth-order valence-electron chi connectivity index (χ4n) is 2.47. The Labute approximate surface area is 86.5 Å². The van der Waals surface area contributed by atoms with E-state index in [2.05, 4.69) is 10.2 Å². The summed E-state index contributed by atoms with van der Waals surface area (Å²) in [6.45, 7) is 5.86. The molecular formula is C11H22N2O. The van der Waals surface area contributed by atoms with Crippen molar-refractivity contribution >= 4 is 0 Å². The van der Waals surface area contributed by atoms with Gasteiger partial charge in [0.2, 0.25) is 0 Å². The summed E-state index contributed by atoms with van der Waals surface area (Å²) in [5.74, 6) is 0.904. The minimum absolute atomic E-state index is 0.0283. The van der Waals surface area contributed by atoms with Gasteiger partial charge in [0.1, 0.15) is 0 Å². The zero-order valence-corrected chi connectivity index (χ0v) is 8.91. The van der Waals surface area contributed by atoms with Gasteiger partial charge in [0.05, 0.1) is 6.10 Å². The summed E-state index contributed by atoms with van der Waals surface area (Å²) in [5.41, 5.74) is 0. The Kier molecular flexibility index (Phi) is 3.79. The third-order valence-corrected chi connectivity index (χ3v) is 3.57. The van der Waals surface area contributed by atoms with Crippen LogP contribution in [-0.4, -0.2) is 48.8 Å². The molecule has 0 radical (unpaired) electrons. The molecule has 0 bridgehead atoms. The molecule has 0 saturated carbocycles. The van der Waals surface area contributed by atoms with Gasteiger partial charge < -0.3 is 15.3 Å². The molecule has 0 amide bonds. The molecule has 2 fully saturated rings. The van der Waals surface area contributed by atoms with Gasteiger partial charge in [-0.25, -0.2) is 0 Å². The average molecular weight is 198 g/mol. The van der Waals surface area contributed by atoms with Crippen LogP contribution in [0.4, 0.5) is 0 Å². The smallest absolute Gasteiger partial charge is 0.0564 e. The molecule has 2 N–H and O–H groups in total. The van der Waals surface area contributed by atoms with Gasteiger partial charge in [0, 0.05) is 13.1 Å². The molecule has 2 heterocycles. The second kappa shape index (κ2) is 5.10. The number of nitrogens with zero attached hydrogens (tertiary/aromatic N) is 1. The SMILES string of the molecule is OC1CCN(CCC2CCNC2)CC1. The maximum atomic E-state index is 9.37. The van der Waals surface area contributed by atoms with E-state index >= 15 is 0 Å². The van der Waals surface area contributed by atoms with E-state index in [4.69, 9.17) is 0 Å². The zero-order chi connectivity index (χ0) is 9.80. The van der Waals surface area contributed by atoms with Crippen LogP contribution in [0.2, 0.25) is 0 Å². The van der Waals surface area contributed by atoms with Crippen molar-refractivity contribution < 1.29 is 5.11 Å². The number of likely N-dealkylation sites (tertiary alicyclic amines) is 1. The molecule has 82 valence electrons. The van der Waals surface area contributed by atoms with Gasteiger partial charge in [-0.3, -0.25) is 0 Å². The van der Waals surface area contributed by atoms with Crippen LogP contribution in [0.25, 0.3) is 0 Å². The van der Waals surface area contributed by atoms with Gasteiger partial charge in [0.15, 0.2) is 0 Å². The Morgan fingerprint density at radius 2 is 2.00 bits per heavy atom. The summed E-state index contributed by atoms with van der Waals surface area (Å²) in [6.07, 6.45) is 4.62. The maximum Gasteiger partial charge on any atom is 0.0564 e. The van der Waals surface area contributed by atoms with Crippen LogP contribution in [0, 0.1) is 5.92 Å². The van der Waals surface area contributed by atoms with Gasteiger partial charge in [-0.05, 0) is 51.2 Å². The van der Waals surface area contributed by atoms with E-state index in [-0.39, 0.29) is 6.10 Å². The number of aliphatic hydroxyl groups excluding tert-OH is 1. The van der Waals surface area contributed by atoms with Crippen molar-refractivity contribution in [3.8, 4) is 0 Å². The van der Waals surface area contributed by atoms with Crippen molar-refractivity contribution in [1.29, 1.82) is 0 Å². The number of rotatable bonds is 3. The molecule has 0 aromatic heterocycles. The van der Waals surface area contributed by atoms with E-state index in [9.17, 15) is 5.11 Å². The molecule has 3 heteroatoms. The van der Waals surface area contributed by atoms with Crippen molar-refractivity contribution in [3.05, 3.63) is 0 Å². The third-order valence-electron chi connectivity index (χ3n) is 3.57. The van der Waals surface area contributed by atoms with Crippen LogP contribution in [0.1, 0.15) is 25.7 Å². The Morgan fingerprint density at radius 3 is 2.64 bits per heavy atom. The summed E-state index contributed by atoms with van der Waals surface area (Å²) >= 11 is 0. The van der Waals surface area contributed by atoms with Gasteiger partial charge in [0.25, 0.3) is 0 Å². The summed E-state index contributed by atoms with van der Waals surface area (Å²) in [6, 6.07) is 0. The van der Waals surface area contributed by atoms with Gasteiger partial charge in [-0.2, -0.15) is 0 Å². The molecule has 14 heavy (non-hydrogen) atoms. The minimum atomic E-state index is -0.0283. The molecule has 1 atom stereocenters. The highest BCUT2D eigenvalue weighted by Gasteiger charge is 2.19. The molecule has 1 unspecified atom stereocenters. The highest BCUT2D eigenvalue weighted by molar-refractivity contribution is 4.75. The quantitative estimate of drug-likeness (QED) is 0.691. The number of piperidine rings is 1. The summed E-state index contributed by atoms with van der Waals surface area (Å²) in [7, 11) is 0. The lowest BCUT2D eigenvalue weighted by atomic mass is 10.0. The molecule has 3 nitrogen and oxygen atoms in total. The highest BCUT2D eigenvalue weighted by Crippen LogP contribution is 2.15. The Hall–Kier alpha value is -0.120. The average Bonchev–Trinajstić information content (AvgIpc) is 2.70. The molecule has 2 saturated heterocycles. The fourth-order valence-corrected chi connectivity index (χ4v) is 2.47. The van der Waals surface area contributed by atoms with E-state index in [1.54, 1.807) is 0 Å². The van der Waals surface area contributed by atoms with Crippen molar-refractivity contribution in [3.63, 3.8) is 0 Å². The van der Waals surface area contributed by atoms with E-state index in [0.717, 1.165) is 31.8 Å². The van der Waals surface area contributed by atoms with Crippen molar-refractivity contribution in [1.82, 2.24) is 10.2 Å². The number of hydrogen-bond donors (Lipinski definition) is 2. The summed E-state index contributed by atoms with van der Waals surface area (Å²) in [5, 5.41) is 12.8. The van der Waals surface area contributed by atoms with E-state index in [1.807, 2.05) is 0 Å². The lowest BCUT2D eigenvalue weighted by molar-refractivity contribution is 0.0802. The second-order valence-corrected chi connectivity index (χ2v) is 4.72. The Bertz CT molecular complexity index is 161. The monoisotopic (exact) mass is 198 g/mol. The third kappa shape index (κ3) is 2.94. The molecule has 0 aliphatic carbocycles. The molecule has 2 rings (SSSR count). The highest BCUT2D eigenvalue weighted by atomic mass is 16.3. The maximum absolute atomic E-state index is 9.37. The largest absolute Gasteiger partial charge is 0.393 e. The molecule has 2 aliphatic rings. The van der Waals surface area contributed by atoms with E-state index < -0.39 is 0 Å². The molecular weight excluding hydrogens is 176 g/mol. The number of aliphatic hydroxyl groups is 1. The van der Waals surface area contributed by atoms with E-state index in [0.29, 0.717) is 0 Å². The topological polar surface area (TPSA) is 35.5 Å². The molecule has 0 aromatic rings. The van der Waals surface area contributed by atoms with Crippen LogP contribution >= 0.6 is 0 Å². The standard InChI is InChI=1S/C11H22N2O/c14-11-3-7-13(8-4-11)6-2-10-1-5-12-9-10/h10-12,14H,1-9H2. The number of nitrogens with one attached hydrogen (secondary N) is 1. The van der Waals surface area contributed by atoms with Crippen LogP contribution in [-0.2, 0) is 0 Å². The lowest BCUT2D eigenvalue weighted by Gasteiger charge is -2.30. The predicted octanol–water partition coefficient (Wildman–Crippen LogP) is 0.443.